The molecule has 0 fully saturated rings. The molecule has 0 saturated carbocycles. The Morgan fingerprint density at radius 3 is 2.44 bits per heavy atom. The summed E-state index contributed by atoms with van der Waals surface area (Å²) in [5.41, 5.74) is -2.09. The first-order valence-electron chi connectivity index (χ1n) is 3.60. The van der Waals surface area contributed by atoms with Crippen molar-refractivity contribution < 1.29 is 21.6 Å². The Morgan fingerprint density at radius 1 is 1.50 bits per heavy atom. The second-order valence-corrected chi connectivity index (χ2v) is 5.05. The van der Waals surface area contributed by atoms with Crippen molar-refractivity contribution in [2.75, 3.05) is 0 Å². The minimum absolute atomic E-state index is 0.528. The van der Waals surface area contributed by atoms with Crippen molar-refractivity contribution in [1.29, 1.82) is 5.26 Å². The van der Waals surface area contributed by atoms with Gasteiger partial charge in [-0.05, 0) is 0 Å². The number of nitrogens with zero attached hydrogens (tertiary/aromatic N) is 2. The number of pyridine rings is 1. The topological polar surface area (TPSA) is 70.8 Å². The highest BCUT2D eigenvalue weighted by molar-refractivity contribution is 8.13. The third-order valence-corrected chi connectivity index (χ3v) is 2.92. The number of hydrogen-bond donors (Lipinski definition) is 0. The lowest BCUT2D eigenvalue weighted by molar-refractivity contribution is 0.139. The molecule has 4 nitrogen and oxygen atoms in total. The summed E-state index contributed by atoms with van der Waals surface area (Å²) in [6.45, 7) is 0. The molecule has 0 aliphatic heterocycles. The van der Waals surface area contributed by atoms with Crippen molar-refractivity contribution >= 4 is 19.7 Å². The van der Waals surface area contributed by atoms with Crippen LogP contribution in [0.5, 0.6) is 0 Å². The summed E-state index contributed by atoms with van der Waals surface area (Å²) >= 11 is 0. The lowest BCUT2D eigenvalue weighted by atomic mass is 10.2. The van der Waals surface area contributed by atoms with Crippen LogP contribution >= 0.6 is 10.7 Å². The van der Waals surface area contributed by atoms with Gasteiger partial charge in [-0.25, -0.2) is 21.6 Å². The lowest BCUT2D eigenvalue weighted by Gasteiger charge is -2.05. The number of alkyl halides is 2. The van der Waals surface area contributed by atoms with Gasteiger partial charge in [0.25, 0.3) is 15.5 Å². The number of halogens is 4. The van der Waals surface area contributed by atoms with Crippen molar-refractivity contribution in [3.05, 3.63) is 23.3 Å². The van der Waals surface area contributed by atoms with E-state index >= 15 is 0 Å². The molecule has 0 N–H and O–H groups in total. The molecular formula is C7H2ClF3N2O2S. The second kappa shape index (κ2) is 4.27. The molecule has 0 aliphatic rings. The summed E-state index contributed by atoms with van der Waals surface area (Å²) in [6, 6.07) is 1.30. The molecule has 0 aliphatic carbocycles. The summed E-state index contributed by atoms with van der Waals surface area (Å²) in [7, 11) is 0.202. The fourth-order valence-corrected chi connectivity index (χ4v) is 2.09. The van der Waals surface area contributed by atoms with E-state index in [4.69, 9.17) is 15.9 Å². The van der Waals surface area contributed by atoms with Gasteiger partial charge in [-0.3, -0.25) is 4.98 Å². The zero-order chi connectivity index (χ0) is 12.5. The predicted octanol–water partition coefficient (Wildman–Crippen LogP) is 1.96. The zero-order valence-electron chi connectivity index (χ0n) is 7.29. The maximum absolute atomic E-state index is 13.3. The van der Waals surface area contributed by atoms with Crippen LogP contribution in [-0.4, -0.2) is 13.4 Å². The van der Waals surface area contributed by atoms with Crippen LogP contribution in [0.1, 0.15) is 17.7 Å². The van der Waals surface area contributed by atoms with Crippen LogP contribution in [0.25, 0.3) is 0 Å². The zero-order valence-corrected chi connectivity index (χ0v) is 8.86. The van der Waals surface area contributed by atoms with E-state index in [1.165, 1.54) is 6.07 Å². The van der Waals surface area contributed by atoms with E-state index in [1.54, 1.807) is 0 Å². The molecule has 0 unspecified atom stereocenters. The van der Waals surface area contributed by atoms with Crippen molar-refractivity contribution in [3.8, 4) is 6.07 Å². The summed E-state index contributed by atoms with van der Waals surface area (Å²) in [5.74, 6) is -1.80. The van der Waals surface area contributed by atoms with Crippen molar-refractivity contribution in [2.24, 2.45) is 0 Å². The standard InChI is InChI=1S/C7H2ClF3N2O2S/c8-16(14,15)6-3(1-12)2-13-5(4(6)9)7(10)11/h2,7H. The third-order valence-electron chi connectivity index (χ3n) is 1.57. The van der Waals surface area contributed by atoms with Gasteiger partial charge in [0.15, 0.2) is 5.82 Å². The van der Waals surface area contributed by atoms with E-state index in [9.17, 15) is 21.6 Å². The fraction of sp³-hybridized carbons (Fsp3) is 0.143. The van der Waals surface area contributed by atoms with Gasteiger partial charge >= 0.3 is 0 Å². The number of rotatable bonds is 2. The predicted molar refractivity (Wildman–Crippen MR) is 46.9 cm³/mol. The summed E-state index contributed by atoms with van der Waals surface area (Å²) in [5, 5.41) is 8.47. The molecule has 86 valence electrons. The molecule has 1 aromatic heterocycles. The number of nitriles is 1. The maximum atomic E-state index is 13.3. The van der Waals surface area contributed by atoms with Gasteiger partial charge in [0, 0.05) is 16.9 Å². The van der Waals surface area contributed by atoms with Crippen molar-refractivity contribution in [2.45, 2.75) is 11.3 Å². The van der Waals surface area contributed by atoms with Crippen LogP contribution < -0.4 is 0 Å². The van der Waals surface area contributed by atoms with Crippen LogP contribution in [0.15, 0.2) is 11.1 Å². The Bertz CT molecular complexity index is 568. The Labute approximate surface area is 92.7 Å². The Balaban J connectivity index is 3.69. The first-order valence-corrected chi connectivity index (χ1v) is 5.91. The highest BCUT2D eigenvalue weighted by atomic mass is 35.7. The van der Waals surface area contributed by atoms with Crippen LogP contribution in [0, 0.1) is 17.1 Å². The van der Waals surface area contributed by atoms with Crippen LogP contribution in [-0.2, 0) is 9.05 Å². The monoisotopic (exact) mass is 270 g/mol. The van der Waals surface area contributed by atoms with E-state index in [2.05, 4.69) is 4.98 Å². The highest BCUT2D eigenvalue weighted by Gasteiger charge is 2.28. The van der Waals surface area contributed by atoms with E-state index in [0.29, 0.717) is 6.20 Å². The SMILES string of the molecule is N#Cc1cnc(C(F)F)c(F)c1S(=O)(=O)Cl. The third kappa shape index (κ3) is 2.25. The lowest BCUT2D eigenvalue weighted by Crippen LogP contribution is -2.06. The Kier molecular flexibility index (Phi) is 3.40. The van der Waals surface area contributed by atoms with Crippen molar-refractivity contribution in [1.82, 2.24) is 4.98 Å². The molecule has 0 atom stereocenters. The van der Waals surface area contributed by atoms with Crippen LogP contribution in [0.4, 0.5) is 13.2 Å². The van der Waals surface area contributed by atoms with Gasteiger partial charge in [-0.15, -0.1) is 0 Å². The molecule has 0 radical (unpaired) electrons. The number of aromatic nitrogens is 1. The van der Waals surface area contributed by atoms with Crippen LogP contribution in [0.2, 0.25) is 0 Å². The molecular weight excluding hydrogens is 269 g/mol. The summed E-state index contributed by atoms with van der Waals surface area (Å²) in [4.78, 5) is 1.68. The molecule has 1 rings (SSSR count). The van der Waals surface area contributed by atoms with E-state index in [-0.39, 0.29) is 0 Å². The largest absolute Gasteiger partial charge is 0.283 e. The molecule has 0 saturated heterocycles. The molecule has 0 spiro atoms. The first-order chi connectivity index (χ1) is 7.29. The average Bonchev–Trinajstić information content (AvgIpc) is 2.14. The molecule has 1 aromatic rings. The molecule has 1 heterocycles. The molecule has 0 bridgehead atoms. The highest BCUT2D eigenvalue weighted by Crippen LogP contribution is 2.28. The Hall–Kier alpha value is -1.33. The van der Waals surface area contributed by atoms with Gasteiger partial charge < -0.3 is 0 Å². The second-order valence-electron chi connectivity index (χ2n) is 2.55. The Morgan fingerprint density at radius 2 is 2.06 bits per heavy atom. The first kappa shape index (κ1) is 12.7. The van der Waals surface area contributed by atoms with Gasteiger partial charge in [0.05, 0.1) is 5.56 Å². The maximum Gasteiger partial charge on any atom is 0.283 e. The van der Waals surface area contributed by atoms with Gasteiger partial charge in [-0.2, -0.15) is 5.26 Å². The smallest absolute Gasteiger partial charge is 0.251 e. The molecule has 0 aromatic carbocycles. The van der Waals surface area contributed by atoms with E-state index in [0.717, 1.165) is 0 Å². The normalized spacial score (nSPS) is 11.5. The minimum atomic E-state index is -4.63. The summed E-state index contributed by atoms with van der Waals surface area (Å²) in [6.07, 6.45) is -2.77. The molecule has 9 heteroatoms. The van der Waals surface area contributed by atoms with E-state index < -0.39 is 37.4 Å². The summed E-state index contributed by atoms with van der Waals surface area (Å²) < 4.78 is 59.5. The average molecular weight is 271 g/mol. The van der Waals surface area contributed by atoms with Crippen molar-refractivity contribution in [3.63, 3.8) is 0 Å². The quantitative estimate of drug-likeness (QED) is 0.770. The fourth-order valence-electron chi connectivity index (χ4n) is 0.954. The molecule has 16 heavy (non-hydrogen) atoms. The van der Waals surface area contributed by atoms with E-state index in [1.807, 2.05) is 0 Å². The minimum Gasteiger partial charge on any atom is -0.251 e. The van der Waals surface area contributed by atoms with Gasteiger partial charge in [0.2, 0.25) is 0 Å². The van der Waals surface area contributed by atoms with Gasteiger partial charge in [-0.1, -0.05) is 0 Å². The van der Waals surface area contributed by atoms with Gasteiger partial charge in [0.1, 0.15) is 16.7 Å². The van der Waals surface area contributed by atoms with Crippen LogP contribution in [0.3, 0.4) is 0 Å². The molecule has 0 amide bonds. The number of hydrogen-bond acceptors (Lipinski definition) is 4.